The first-order valence-electron chi connectivity index (χ1n) is 6.45. The van der Waals surface area contributed by atoms with Crippen molar-refractivity contribution in [2.24, 2.45) is 11.1 Å². The van der Waals surface area contributed by atoms with Gasteiger partial charge in [-0.3, -0.25) is 9.59 Å². The lowest BCUT2D eigenvalue weighted by atomic mass is 9.79. The molecular weight excluding hydrogens is 252 g/mol. The van der Waals surface area contributed by atoms with Gasteiger partial charge in [-0.2, -0.15) is 0 Å². The number of rotatable bonds is 7. The molecule has 0 aromatic heterocycles. The Morgan fingerprint density at radius 2 is 1.95 bits per heavy atom. The lowest BCUT2D eigenvalue weighted by molar-refractivity contribution is -0.138. The number of hydrogen-bond acceptors (Lipinski definition) is 2. The minimum absolute atomic E-state index is 0.200. The van der Waals surface area contributed by atoms with Crippen LogP contribution in [0.3, 0.4) is 0 Å². The van der Waals surface area contributed by atoms with E-state index in [1.807, 2.05) is 13.0 Å². The van der Waals surface area contributed by atoms with Crippen LogP contribution in [0.4, 0.5) is 5.69 Å². The van der Waals surface area contributed by atoms with E-state index in [-0.39, 0.29) is 12.8 Å². The Kier molecular flexibility index (Phi) is 5.72. The fourth-order valence-electron chi connectivity index (χ4n) is 1.92. The molecule has 1 rings (SSSR count). The smallest absolute Gasteiger partial charge is 0.240 e. The van der Waals surface area contributed by atoms with Crippen molar-refractivity contribution in [2.75, 3.05) is 5.32 Å². The molecule has 4 heteroatoms. The molecule has 1 aromatic carbocycles. The molecule has 3 N–H and O–H groups in total. The van der Waals surface area contributed by atoms with Gasteiger partial charge in [-0.05, 0) is 31.9 Å². The number of nitrogens with two attached hydrogens (primary N) is 1. The van der Waals surface area contributed by atoms with Gasteiger partial charge in [0.1, 0.15) is 5.41 Å². The normalized spacial score (nSPS) is 13.7. The summed E-state index contributed by atoms with van der Waals surface area (Å²) in [5.41, 5.74) is 4.80. The first kappa shape index (κ1) is 15.7. The second kappa shape index (κ2) is 7.28. The zero-order valence-electron chi connectivity index (χ0n) is 11.6. The summed E-state index contributed by atoms with van der Waals surface area (Å²) >= 11 is 0. The maximum absolute atomic E-state index is 12.5. The molecule has 0 aliphatic heterocycles. The van der Waals surface area contributed by atoms with Gasteiger partial charge in [-0.25, -0.2) is 0 Å². The van der Waals surface area contributed by atoms with Gasteiger partial charge in [-0.15, -0.1) is 6.58 Å². The number of carbonyl (C=O) groups is 2. The van der Waals surface area contributed by atoms with Crippen LogP contribution in [0.2, 0.25) is 0 Å². The second-order valence-corrected chi connectivity index (χ2v) is 4.53. The van der Waals surface area contributed by atoms with Crippen molar-refractivity contribution in [3.63, 3.8) is 0 Å². The molecule has 0 saturated carbocycles. The van der Waals surface area contributed by atoms with Crippen molar-refractivity contribution >= 4 is 17.5 Å². The quantitative estimate of drug-likeness (QED) is 0.591. The molecule has 1 atom stereocenters. The first-order chi connectivity index (χ1) is 9.56. The van der Waals surface area contributed by atoms with E-state index >= 15 is 0 Å². The minimum Gasteiger partial charge on any atom is -0.369 e. The van der Waals surface area contributed by atoms with Crippen molar-refractivity contribution < 1.29 is 9.59 Å². The fourth-order valence-corrected chi connectivity index (χ4v) is 1.92. The zero-order valence-corrected chi connectivity index (χ0v) is 11.6. The van der Waals surface area contributed by atoms with Crippen LogP contribution in [0.15, 0.2) is 55.1 Å². The average Bonchev–Trinajstić information content (AvgIpc) is 2.44. The van der Waals surface area contributed by atoms with Crippen LogP contribution >= 0.6 is 0 Å². The van der Waals surface area contributed by atoms with E-state index in [9.17, 15) is 9.59 Å². The SMILES string of the molecule is C=CCC(CC=CC)(C(N)=O)C(=O)Nc1ccccc1. The largest absolute Gasteiger partial charge is 0.369 e. The van der Waals surface area contributed by atoms with Crippen molar-refractivity contribution in [3.05, 3.63) is 55.1 Å². The molecule has 1 aromatic rings. The van der Waals surface area contributed by atoms with Gasteiger partial charge in [0.2, 0.25) is 11.8 Å². The van der Waals surface area contributed by atoms with E-state index in [0.717, 1.165) is 0 Å². The Morgan fingerprint density at radius 1 is 1.30 bits per heavy atom. The molecule has 0 fully saturated rings. The molecule has 20 heavy (non-hydrogen) atoms. The Morgan fingerprint density at radius 3 is 2.45 bits per heavy atom. The van der Waals surface area contributed by atoms with E-state index in [1.165, 1.54) is 0 Å². The van der Waals surface area contributed by atoms with Crippen LogP contribution in [0.1, 0.15) is 19.8 Å². The van der Waals surface area contributed by atoms with Gasteiger partial charge in [0, 0.05) is 5.69 Å². The third-order valence-corrected chi connectivity index (χ3v) is 3.13. The molecule has 0 spiro atoms. The lowest BCUT2D eigenvalue weighted by Gasteiger charge is -2.27. The van der Waals surface area contributed by atoms with Crippen LogP contribution in [-0.2, 0) is 9.59 Å². The van der Waals surface area contributed by atoms with Gasteiger partial charge >= 0.3 is 0 Å². The molecule has 0 bridgehead atoms. The molecular formula is C16H20N2O2. The summed E-state index contributed by atoms with van der Waals surface area (Å²) in [6, 6.07) is 8.98. The summed E-state index contributed by atoms with van der Waals surface area (Å²) < 4.78 is 0. The third-order valence-electron chi connectivity index (χ3n) is 3.13. The highest BCUT2D eigenvalue weighted by Crippen LogP contribution is 2.29. The molecule has 0 radical (unpaired) electrons. The Balaban J connectivity index is 3.05. The van der Waals surface area contributed by atoms with Gasteiger partial charge in [0.15, 0.2) is 0 Å². The molecule has 0 saturated heterocycles. The van der Waals surface area contributed by atoms with Gasteiger partial charge in [0.25, 0.3) is 0 Å². The van der Waals surface area contributed by atoms with Crippen LogP contribution in [0, 0.1) is 5.41 Å². The fraction of sp³-hybridized carbons (Fsp3) is 0.250. The number of carbonyl (C=O) groups excluding carboxylic acids is 2. The maximum Gasteiger partial charge on any atom is 0.240 e. The molecule has 1 unspecified atom stereocenters. The molecule has 2 amide bonds. The standard InChI is InChI=1S/C16H20N2O2/c1-3-5-12-16(11-4-2,14(17)19)15(20)18-13-9-7-6-8-10-13/h3-10H,2,11-12H2,1H3,(H2,17,19)(H,18,20). The Labute approximate surface area is 119 Å². The first-order valence-corrected chi connectivity index (χ1v) is 6.45. The summed E-state index contributed by atoms with van der Waals surface area (Å²) in [6.07, 6.45) is 5.54. The average molecular weight is 272 g/mol. The van der Waals surface area contributed by atoms with Crippen LogP contribution in [-0.4, -0.2) is 11.8 Å². The number of primary amides is 1. The summed E-state index contributed by atoms with van der Waals surface area (Å²) in [4.78, 5) is 24.3. The van der Waals surface area contributed by atoms with E-state index in [4.69, 9.17) is 5.73 Å². The second-order valence-electron chi connectivity index (χ2n) is 4.53. The third kappa shape index (κ3) is 3.57. The van der Waals surface area contributed by atoms with E-state index in [0.29, 0.717) is 5.69 Å². The number of para-hydroxylation sites is 1. The number of anilines is 1. The molecule has 106 valence electrons. The number of nitrogens with one attached hydrogen (secondary N) is 1. The maximum atomic E-state index is 12.5. The molecule has 0 aliphatic rings. The predicted molar refractivity (Wildman–Crippen MR) is 80.9 cm³/mol. The van der Waals surface area contributed by atoms with E-state index < -0.39 is 17.2 Å². The predicted octanol–water partition coefficient (Wildman–Crippen LogP) is 2.64. The van der Waals surface area contributed by atoms with Crippen molar-refractivity contribution in [1.82, 2.24) is 0 Å². The van der Waals surface area contributed by atoms with Crippen molar-refractivity contribution in [2.45, 2.75) is 19.8 Å². The zero-order chi connectivity index (χ0) is 15.0. The number of hydrogen-bond donors (Lipinski definition) is 2. The number of amides is 2. The highest BCUT2D eigenvalue weighted by molar-refractivity contribution is 6.10. The highest BCUT2D eigenvalue weighted by atomic mass is 16.2. The molecule has 0 aliphatic carbocycles. The summed E-state index contributed by atoms with van der Waals surface area (Å²) in [7, 11) is 0. The van der Waals surface area contributed by atoms with Crippen molar-refractivity contribution in [1.29, 1.82) is 0 Å². The van der Waals surface area contributed by atoms with Gasteiger partial charge < -0.3 is 11.1 Å². The van der Waals surface area contributed by atoms with E-state index in [2.05, 4.69) is 11.9 Å². The van der Waals surface area contributed by atoms with Crippen LogP contribution in [0.5, 0.6) is 0 Å². The van der Waals surface area contributed by atoms with E-state index in [1.54, 1.807) is 42.5 Å². The molecule has 4 nitrogen and oxygen atoms in total. The monoisotopic (exact) mass is 272 g/mol. The van der Waals surface area contributed by atoms with Gasteiger partial charge in [0.05, 0.1) is 0 Å². The lowest BCUT2D eigenvalue weighted by Crippen LogP contribution is -2.46. The summed E-state index contributed by atoms with van der Waals surface area (Å²) in [6.45, 7) is 5.44. The minimum atomic E-state index is -1.30. The van der Waals surface area contributed by atoms with Crippen LogP contribution < -0.4 is 11.1 Å². The van der Waals surface area contributed by atoms with Crippen LogP contribution in [0.25, 0.3) is 0 Å². The highest BCUT2D eigenvalue weighted by Gasteiger charge is 2.42. The molecule has 0 heterocycles. The van der Waals surface area contributed by atoms with Crippen molar-refractivity contribution in [3.8, 4) is 0 Å². The summed E-state index contributed by atoms with van der Waals surface area (Å²) in [5.74, 6) is -1.06. The Bertz CT molecular complexity index is 508. The number of benzene rings is 1. The van der Waals surface area contributed by atoms with Gasteiger partial charge in [-0.1, -0.05) is 36.4 Å². The Hall–Kier alpha value is -2.36. The topological polar surface area (TPSA) is 72.2 Å². The summed E-state index contributed by atoms with van der Waals surface area (Å²) in [5, 5.41) is 2.74. The number of allylic oxidation sites excluding steroid dienone is 3.